The van der Waals surface area contributed by atoms with Crippen LogP contribution in [-0.4, -0.2) is 19.2 Å². The first-order valence-electron chi connectivity index (χ1n) is 9.47. The first-order chi connectivity index (χ1) is 11.6. The Morgan fingerprint density at radius 1 is 1.12 bits per heavy atom. The average molecular weight is 328 g/mol. The van der Waals surface area contributed by atoms with E-state index in [1.165, 1.54) is 44.1 Å². The molecule has 0 radical (unpaired) electrons. The molecule has 4 aliphatic carbocycles. The topological polar surface area (TPSA) is 35.5 Å². The Kier molecular flexibility index (Phi) is 4.06. The highest BCUT2D eigenvalue weighted by molar-refractivity contribution is 5.71. The van der Waals surface area contributed by atoms with Crippen LogP contribution in [-0.2, 0) is 14.9 Å². The Morgan fingerprint density at radius 2 is 1.75 bits per heavy atom. The van der Waals surface area contributed by atoms with Gasteiger partial charge >= 0.3 is 5.97 Å². The lowest BCUT2D eigenvalue weighted by atomic mass is 9.48. The predicted molar refractivity (Wildman–Crippen MR) is 93.2 cm³/mol. The fraction of sp³-hybridized carbons (Fsp3) is 0.667. The van der Waals surface area contributed by atoms with E-state index in [2.05, 4.69) is 25.1 Å². The van der Waals surface area contributed by atoms with Gasteiger partial charge in [-0.3, -0.25) is 0 Å². The maximum Gasteiger partial charge on any atom is 0.344 e. The van der Waals surface area contributed by atoms with Gasteiger partial charge in [-0.2, -0.15) is 0 Å². The Hall–Kier alpha value is -1.51. The fourth-order valence-electron chi connectivity index (χ4n) is 5.94. The van der Waals surface area contributed by atoms with E-state index in [-0.39, 0.29) is 12.6 Å². The molecule has 4 aliphatic rings. The molecule has 5 rings (SSSR count). The van der Waals surface area contributed by atoms with E-state index in [0.717, 1.165) is 29.1 Å². The monoisotopic (exact) mass is 328 g/mol. The summed E-state index contributed by atoms with van der Waals surface area (Å²) in [6, 6.07) is 6.62. The van der Waals surface area contributed by atoms with Gasteiger partial charge < -0.3 is 9.47 Å². The summed E-state index contributed by atoms with van der Waals surface area (Å²) in [6.07, 6.45) is 8.54. The zero-order chi connectivity index (χ0) is 16.7. The van der Waals surface area contributed by atoms with Crippen LogP contribution in [0.1, 0.15) is 56.6 Å². The number of esters is 1. The normalized spacial score (nSPS) is 33.5. The summed E-state index contributed by atoms with van der Waals surface area (Å²) in [4.78, 5) is 11.5. The fourth-order valence-corrected chi connectivity index (χ4v) is 5.94. The second-order valence-electron chi connectivity index (χ2n) is 8.27. The summed E-state index contributed by atoms with van der Waals surface area (Å²) in [7, 11) is 0. The summed E-state index contributed by atoms with van der Waals surface area (Å²) in [5.41, 5.74) is 3.05. The molecule has 0 atom stereocenters. The molecule has 1 aromatic rings. The standard InChI is InChI=1S/C21H28O3/c1-3-23-20(22)13-24-19-5-4-18(6-14(19)2)21-10-15-7-16(11-21)9-17(8-15)12-21/h4-6,15-17H,3,7-13H2,1-2H3. The van der Waals surface area contributed by atoms with Crippen LogP contribution in [0.5, 0.6) is 5.75 Å². The molecule has 0 spiro atoms. The van der Waals surface area contributed by atoms with Gasteiger partial charge in [-0.1, -0.05) is 12.1 Å². The minimum absolute atomic E-state index is 0.00854. The van der Waals surface area contributed by atoms with Crippen molar-refractivity contribution in [3.8, 4) is 5.75 Å². The molecule has 0 aromatic heterocycles. The number of carbonyl (C=O) groups is 1. The number of hydrogen-bond donors (Lipinski definition) is 0. The molecule has 24 heavy (non-hydrogen) atoms. The third kappa shape index (κ3) is 2.82. The smallest absolute Gasteiger partial charge is 0.344 e. The molecule has 1 aromatic carbocycles. The van der Waals surface area contributed by atoms with Gasteiger partial charge in [0.1, 0.15) is 5.75 Å². The maximum atomic E-state index is 11.5. The first kappa shape index (κ1) is 16.0. The van der Waals surface area contributed by atoms with Gasteiger partial charge in [0, 0.05) is 0 Å². The highest BCUT2D eigenvalue weighted by atomic mass is 16.6. The molecular formula is C21H28O3. The van der Waals surface area contributed by atoms with Gasteiger partial charge in [-0.15, -0.1) is 0 Å². The minimum Gasteiger partial charge on any atom is -0.482 e. The van der Waals surface area contributed by atoms with E-state index in [4.69, 9.17) is 9.47 Å². The van der Waals surface area contributed by atoms with Crippen LogP contribution in [0.4, 0.5) is 0 Å². The molecule has 0 heterocycles. The molecule has 3 nitrogen and oxygen atoms in total. The zero-order valence-corrected chi connectivity index (χ0v) is 14.8. The van der Waals surface area contributed by atoms with Crippen molar-refractivity contribution < 1.29 is 14.3 Å². The van der Waals surface area contributed by atoms with E-state index in [1.54, 1.807) is 0 Å². The maximum absolute atomic E-state index is 11.5. The van der Waals surface area contributed by atoms with Gasteiger partial charge in [0.25, 0.3) is 0 Å². The molecule has 0 saturated heterocycles. The molecule has 4 fully saturated rings. The Balaban J connectivity index is 1.51. The molecule has 4 saturated carbocycles. The molecular weight excluding hydrogens is 300 g/mol. The van der Waals surface area contributed by atoms with Crippen LogP contribution in [0.3, 0.4) is 0 Å². The van der Waals surface area contributed by atoms with E-state index in [0.29, 0.717) is 12.0 Å². The second kappa shape index (κ2) is 6.09. The molecule has 4 bridgehead atoms. The van der Waals surface area contributed by atoms with Crippen LogP contribution < -0.4 is 4.74 Å². The quantitative estimate of drug-likeness (QED) is 0.751. The number of carbonyl (C=O) groups excluding carboxylic acids is 1. The SMILES string of the molecule is CCOC(=O)COc1ccc(C23CC4CC(CC(C4)C2)C3)cc1C. The molecule has 0 aliphatic heterocycles. The number of aryl methyl sites for hydroxylation is 1. The molecule has 0 amide bonds. The van der Waals surface area contributed by atoms with Crippen molar-refractivity contribution in [2.75, 3.05) is 13.2 Å². The molecule has 0 unspecified atom stereocenters. The summed E-state index contributed by atoms with van der Waals surface area (Å²) >= 11 is 0. The molecule has 130 valence electrons. The summed E-state index contributed by atoms with van der Waals surface area (Å²) in [5, 5.41) is 0. The number of hydrogen-bond acceptors (Lipinski definition) is 3. The minimum atomic E-state index is -0.304. The third-order valence-corrected chi connectivity index (χ3v) is 6.48. The second-order valence-corrected chi connectivity index (χ2v) is 8.27. The molecule has 3 heteroatoms. The third-order valence-electron chi connectivity index (χ3n) is 6.48. The van der Waals surface area contributed by atoms with E-state index in [1.807, 2.05) is 6.92 Å². The Morgan fingerprint density at radius 3 is 2.29 bits per heavy atom. The van der Waals surface area contributed by atoms with Gasteiger partial charge in [-0.25, -0.2) is 4.79 Å². The number of benzene rings is 1. The highest BCUT2D eigenvalue weighted by Crippen LogP contribution is 2.60. The lowest BCUT2D eigenvalue weighted by molar-refractivity contribution is -0.145. The van der Waals surface area contributed by atoms with E-state index >= 15 is 0 Å². The van der Waals surface area contributed by atoms with Crippen molar-refractivity contribution in [1.82, 2.24) is 0 Å². The highest BCUT2D eigenvalue weighted by Gasteiger charge is 2.51. The van der Waals surface area contributed by atoms with E-state index in [9.17, 15) is 4.79 Å². The average Bonchev–Trinajstić information content (AvgIpc) is 2.52. The van der Waals surface area contributed by atoms with Crippen molar-refractivity contribution in [2.45, 2.75) is 57.8 Å². The van der Waals surface area contributed by atoms with Gasteiger partial charge in [-0.05, 0) is 92.7 Å². The van der Waals surface area contributed by atoms with Crippen LogP contribution in [0.2, 0.25) is 0 Å². The Bertz CT molecular complexity index is 599. The van der Waals surface area contributed by atoms with Crippen molar-refractivity contribution in [1.29, 1.82) is 0 Å². The van der Waals surface area contributed by atoms with Crippen LogP contribution in [0, 0.1) is 24.7 Å². The van der Waals surface area contributed by atoms with Crippen molar-refractivity contribution in [3.63, 3.8) is 0 Å². The zero-order valence-electron chi connectivity index (χ0n) is 14.8. The van der Waals surface area contributed by atoms with Gasteiger partial charge in [0.15, 0.2) is 6.61 Å². The summed E-state index contributed by atoms with van der Waals surface area (Å²) < 4.78 is 10.6. The van der Waals surface area contributed by atoms with Crippen LogP contribution in [0.15, 0.2) is 18.2 Å². The predicted octanol–water partition coefficient (Wildman–Crippen LogP) is 4.40. The van der Waals surface area contributed by atoms with Crippen LogP contribution in [0.25, 0.3) is 0 Å². The first-order valence-corrected chi connectivity index (χ1v) is 9.47. The summed E-state index contributed by atoms with van der Waals surface area (Å²) in [6.45, 7) is 4.28. The lowest BCUT2D eigenvalue weighted by Gasteiger charge is -2.57. The van der Waals surface area contributed by atoms with Crippen molar-refractivity contribution in [3.05, 3.63) is 29.3 Å². The van der Waals surface area contributed by atoms with Crippen molar-refractivity contribution >= 4 is 5.97 Å². The lowest BCUT2D eigenvalue weighted by Crippen LogP contribution is -2.48. The Labute approximate surface area is 144 Å². The van der Waals surface area contributed by atoms with Crippen LogP contribution >= 0.6 is 0 Å². The number of rotatable bonds is 5. The molecule has 0 N–H and O–H groups in total. The van der Waals surface area contributed by atoms with Gasteiger partial charge in [0.2, 0.25) is 0 Å². The van der Waals surface area contributed by atoms with Crippen molar-refractivity contribution in [2.24, 2.45) is 17.8 Å². The number of ether oxygens (including phenoxy) is 2. The summed E-state index contributed by atoms with van der Waals surface area (Å²) in [5.74, 6) is 3.36. The van der Waals surface area contributed by atoms with E-state index < -0.39 is 0 Å². The largest absolute Gasteiger partial charge is 0.482 e. The van der Waals surface area contributed by atoms with Gasteiger partial charge in [0.05, 0.1) is 6.61 Å².